The number of nitrogens with one attached hydrogen (secondary N) is 1. The maximum absolute atomic E-state index is 3.92. The number of hydrogen-bond acceptors (Lipinski definition) is 2. The van der Waals surface area contributed by atoms with Gasteiger partial charge in [0.15, 0.2) is 0 Å². The Labute approximate surface area is 98.9 Å². The van der Waals surface area contributed by atoms with Crippen molar-refractivity contribution in [3.8, 4) is 0 Å². The first-order valence-electron chi connectivity index (χ1n) is 5.90. The van der Waals surface area contributed by atoms with Crippen molar-refractivity contribution < 1.29 is 0 Å². The van der Waals surface area contributed by atoms with Crippen molar-refractivity contribution >= 4 is 6.72 Å². The number of likely N-dealkylation sites (N-methyl/N-ethyl adjacent to an activating group) is 1. The van der Waals surface area contributed by atoms with Gasteiger partial charge >= 0.3 is 0 Å². The van der Waals surface area contributed by atoms with Crippen LogP contribution in [0.15, 0.2) is 41.2 Å². The van der Waals surface area contributed by atoms with Gasteiger partial charge in [0.05, 0.1) is 0 Å². The molecule has 1 rings (SSSR count). The van der Waals surface area contributed by atoms with Gasteiger partial charge in [-0.1, -0.05) is 26.3 Å². The van der Waals surface area contributed by atoms with Crippen molar-refractivity contribution in [3.05, 3.63) is 36.2 Å². The maximum atomic E-state index is 3.92. The Morgan fingerprint density at radius 2 is 2.19 bits per heavy atom. The number of nitrogens with zero attached hydrogens (tertiary/aromatic N) is 1. The molecular formula is C14H22N2. The van der Waals surface area contributed by atoms with Crippen molar-refractivity contribution in [1.82, 2.24) is 5.32 Å². The van der Waals surface area contributed by atoms with E-state index in [1.807, 2.05) is 19.3 Å². The van der Waals surface area contributed by atoms with Crippen LogP contribution in [0.2, 0.25) is 0 Å². The summed E-state index contributed by atoms with van der Waals surface area (Å²) in [6, 6.07) is 0. The zero-order valence-electron chi connectivity index (χ0n) is 10.4. The first kappa shape index (κ1) is 12.8. The molecule has 0 bridgehead atoms. The molecule has 0 spiro atoms. The third kappa shape index (κ3) is 3.09. The first-order chi connectivity index (χ1) is 7.72. The third-order valence-corrected chi connectivity index (χ3v) is 3.36. The molecule has 0 heterocycles. The fourth-order valence-electron chi connectivity index (χ4n) is 2.40. The summed E-state index contributed by atoms with van der Waals surface area (Å²) in [5.41, 5.74) is 2.30. The lowest BCUT2D eigenvalue weighted by atomic mass is 9.90. The molecule has 1 N–H and O–H groups in total. The second kappa shape index (κ2) is 6.31. The van der Waals surface area contributed by atoms with Gasteiger partial charge in [-0.3, -0.25) is 4.99 Å². The van der Waals surface area contributed by atoms with Gasteiger partial charge in [0.25, 0.3) is 0 Å². The highest BCUT2D eigenvalue weighted by atomic mass is 14.8. The van der Waals surface area contributed by atoms with E-state index in [1.54, 1.807) is 0 Å². The molecule has 0 aliphatic heterocycles. The molecular weight excluding hydrogens is 196 g/mol. The smallest absolute Gasteiger partial charge is 0.0335 e. The molecule has 0 radical (unpaired) electrons. The fourth-order valence-corrected chi connectivity index (χ4v) is 2.40. The van der Waals surface area contributed by atoms with Gasteiger partial charge in [0.1, 0.15) is 0 Å². The lowest BCUT2D eigenvalue weighted by Crippen LogP contribution is -2.09. The number of rotatable bonds is 5. The molecule has 0 aromatic heterocycles. The van der Waals surface area contributed by atoms with Crippen LogP contribution in [-0.4, -0.2) is 13.8 Å². The maximum Gasteiger partial charge on any atom is 0.0335 e. The van der Waals surface area contributed by atoms with E-state index in [2.05, 4.69) is 36.6 Å². The predicted octanol–water partition coefficient (Wildman–Crippen LogP) is 3.30. The van der Waals surface area contributed by atoms with Crippen molar-refractivity contribution in [2.45, 2.75) is 26.2 Å². The number of allylic oxidation sites excluding steroid dienone is 3. The average molecular weight is 218 g/mol. The molecule has 2 unspecified atom stereocenters. The van der Waals surface area contributed by atoms with Crippen LogP contribution in [-0.2, 0) is 0 Å². The quantitative estimate of drug-likeness (QED) is 0.555. The normalized spacial score (nSPS) is 26.6. The molecule has 0 aromatic carbocycles. The molecule has 1 aliphatic carbocycles. The van der Waals surface area contributed by atoms with Crippen LogP contribution in [0.4, 0.5) is 0 Å². The average Bonchev–Trinajstić information content (AvgIpc) is 2.71. The van der Waals surface area contributed by atoms with E-state index in [0.717, 1.165) is 11.6 Å². The van der Waals surface area contributed by atoms with Crippen LogP contribution in [0.5, 0.6) is 0 Å². The second-order valence-corrected chi connectivity index (χ2v) is 4.38. The van der Waals surface area contributed by atoms with Gasteiger partial charge in [-0.2, -0.15) is 0 Å². The zero-order valence-corrected chi connectivity index (χ0v) is 10.4. The summed E-state index contributed by atoms with van der Waals surface area (Å²) in [4.78, 5) is 3.92. The second-order valence-electron chi connectivity index (χ2n) is 4.38. The lowest BCUT2D eigenvalue weighted by Gasteiger charge is -2.17. The summed E-state index contributed by atoms with van der Waals surface area (Å²) in [5.74, 6) is 1.36. The Hall–Kier alpha value is -1.31. The van der Waals surface area contributed by atoms with E-state index in [4.69, 9.17) is 0 Å². The Balaban J connectivity index is 2.91. The highest BCUT2D eigenvalue weighted by Crippen LogP contribution is 2.37. The molecule has 1 saturated carbocycles. The topological polar surface area (TPSA) is 24.4 Å². The molecule has 2 atom stereocenters. The summed E-state index contributed by atoms with van der Waals surface area (Å²) in [5, 5.41) is 3.12. The van der Waals surface area contributed by atoms with Crippen LogP contribution in [0.1, 0.15) is 26.2 Å². The van der Waals surface area contributed by atoms with Gasteiger partial charge < -0.3 is 5.32 Å². The van der Waals surface area contributed by atoms with Gasteiger partial charge in [0, 0.05) is 18.9 Å². The summed E-state index contributed by atoms with van der Waals surface area (Å²) in [7, 11) is 1.91. The lowest BCUT2D eigenvalue weighted by molar-refractivity contribution is 0.486. The van der Waals surface area contributed by atoms with Crippen molar-refractivity contribution in [1.29, 1.82) is 0 Å². The van der Waals surface area contributed by atoms with E-state index < -0.39 is 0 Å². The Kier molecular flexibility index (Phi) is 5.03. The van der Waals surface area contributed by atoms with Crippen molar-refractivity contribution in [2.75, 3.05) is 7.05 Å². The molecule has 2 nitrogen and oxygen atoms in total. The van der Waals surface area contributed by atoms with E-state index >= 15 is 0 Å². The summed E-state index contributed by atoms with van der Waals surface area (Å²) >= 11 is 0. The summed E-state index contributed by atoms with van der Waals surface area (Å²) in [6.45, 7) is 9.66. The summed E-state index contributed by atoms with van der Waals surface area (Å²) < 4.78 is 0. The zero-order chi connectivity index (χ0) is 12.0. The van der Waals surface area contributed by atoms with E-state index in [9.17, 15) is 0 Å². The molecule has 0 amide bonds. The molecule has 2 heteroatoms. The molecule has 16 heavy (non-hydrogen) atoms. The molecule has 0 aromatic rings. The van der Waals surface area contributed by atoms with Crippen LogP contribution in [0.25, 0.3) is 0 Å². The van der Waals surface area contributed by atoms with Crippen molar-refractivity contribution in [2.24, 2.45) is 16.8 Å². The van der Waals surface area contributed by atoms with Crippen LogP contribution < -0.4 is 5.32 Å². The molecule has 88 valence electrons. The minimum absolute atomic E-state index is 0.619. The van der Waals surface area contributed by atoms with Crippen LogP contribution in [0.3, 0.4) is 0 Å². The Morgan fingerprint density at radius 3 is 2.62 bits per heavy atom. The Bertz CT molecular complexity index is 313. The highest BCUT2D eigenvalue weighted by molar-refractivity contribution is 5.34. The van der Waals surface area contributed by atoms with E-state index in [-0.39, 0.29) is 0 Å². The van der Waals surface area contributed by atoms with Gasteiger partial charge in [-0.25, -0.2) is 0 Å². The first-order valence-corrected chi connectivity index (χ1v) is 5.90. The molecule has 0 saturated heterocycles. The van der Waals surface area contributed by atoms with Gasteiger partial charge in [0.2, 0.25) is 0 Å². The third-order valence-electron chi connectivity index (χ3n) is 3.36. The number of hydrogen-bond donors (Lipinski definition) is 1. The monoisotopic (exact) mass is 218 g/mol. The summed E-state index contributed by atoms with van der Waals surface area (Å²) in [6.07, 6.45) is 9.73. The highest BCUT2D eigenvalue weighted by Gasteiger charge is 2.25. The van der Waals surface area contributed by atoms with E-state index in [1.165, 1.54) is 24.8 Å². The molecule has 1 aliphatic rings. The largest absolute Gasteiger partial charge is 0.388 e. The van der Waals surface area contributed by atoms with Crippen LogP contribution >= 0.6 is 0 Å². The minimum atomic E-state index is 0.619. The minimum Gasteiger partial charge on any atom is -0.388 e. The van der Waals surface area contributed by atoms with E-state index in [0.29, 0.717) is 5.92 Å². The standard InChI is InChI=1S/C14H22N2/c1-5-13(16-4)9-12(10-15-3)14-8-6-7-11(14)2/h5,9-11,14,16H,1,3,6-8H2,2,4H3/b12-10-,13-9+. The number of aliphatic imine (C=N–C) groups is 1. The fraction of sp³-hybridized carbons (Fsp3) is 0.500. The van der Waals surface area contributed by atoms with Gasteiger partial charge in [-0.15, -0.1) is 0 Å². The van der Waals surface area contributed by atoms with Crippen LogP contribution in [0, 0.1) is 11.8 Å². The SMILES string of the molecule is C=C/C(=C\C(=C\N=C)C1CCCC1C)NC. The van der Waals surface area contributed by atoms with Gasteiger partial charge in [-0.05, 0) is 42.7 Å². The Morgan fingerprint density at radius 1 is 1.44 bits per heavy atom. The molecule has 1 fully saturated rings. The van der Waals surface area contributed by atoms with Crippen molar-refractivity contribution in [3.63, 3.8) is 0 Å². The predicted molar refractivity (Wildman–Crippen MR) is 71.5 cm³/mol.